The zero-order chi connectivity index (χ0) is 16.0. The maximum Gasteiger partial charge on any atom is 0.408 e. The van der Waals surface area contributed by atoms with Crippen LogP contribution in [0, 0.1) is 0 Å². The number of hydrogen-bond acceptors (Lipinski definition) is 5. The molecule has 0 aliphatic heterocycles. The zero-order valence-corrected chi connectivity index (χ0v) is 12.8. The molecule has 1 aromatic rings. The molecular formula is C15H22N2O4. The standard InChI is InChI=1S/C15H22N2O4/c1-15(2,3)21-14(19)17-12(13(18)20-4)9-10-5-7-11(16)8-6-10/h5-8,12H,9,16H2,1-4H3,(H,17,19). The Morgan fingerprint density at radius 2 is 1.81 bits per heavy atom. The summed E-state index contributed by atoms with van der Waals surface area (Å²) in [5, 5.41) is 2.52. The normalized spacial score (nSPS) is 12.4. The topological polar surface area (TPSA) is 90.6 Å². The summed E-state index contributed by atoms with van der Waals surface area (Å²) in [5.41, 5.74) is 6.47. The quantitative estimate of drug-likeness (QED) is 0.653. The molecule has 6 nitrogen and oxygen atoms in total. The van der Waals surface area contributed by atoms with Crippen molar-refractivity contribution < 1.29 is 19.1 Å². The van der Waals surface area contributed by atoms with Gasteiger partial charge in [0, 0.05) is 12.1 Å². The van der Waals surface area contributed by atoms with Crippen molar-refractivity contribution in [1.29, 1.82) is 0 Å². The van der Waals surface area contributed by atoms with Gasteiger partial charge in [-0.3, -0.25) is 0 Å². The maximum atomic E-state index is 11.8. The van der Waals surface area contributed by atoms with Gasteiger partial charge < -0.3 is 20.5 Å². The molecule has 1 aromatic carbocycles. The van der Waals surface area contributed by atoms with Crippen LogP contribution in [0.5, 0.6) is 0 Å². The van der Waals surface area contributed by atoms with Crippen molar-refractivity contribution in [3.63, 3.8) is 0 Å². The van der Waals surface area contributed by atoms with Crippen molar-refractivity contribution in [3.05, 3.63) is 29.8 Å². The Balaban J connectivity index is 2.74. The van der Waals surface area contributed by atoms with Crippen molar-refractivity contribution in [3.8, 4) is 0 Å². The Bertz CT molecular complexity index is 491. The second-order valence-corrected chi connectivity index (χ2v) is 5.67. The smallest absolute Gasteiger partial charge is 0.408 e. The van der Waals surface area contributed by atoms with Gasteiger partial charge in [-0.1, -0.05) is 12.1 Å². The second-order valence-electron chi connectivity index (χ2n) is 5.67. The zero-order valence-electron chi connectivity index (χ0n) is 12.8. The highest BCUT2D eigenvalue weighted by molar-refractivity contribution is 5.81. The number of alkyl carbamates (subject to hydrolysis) is 1. The third-order valence-electron chi connectivity index (χ3n) is 2.60. The van der Waals surface area contributed by atoms with Crippen LogP contribution in [0.15, 0.2) is 24.3 Å². The third-order valence-corrected chi connectivity index (χ3v) is 2.60. The highest BCUT2D eigenvalue weighted by atomic mass is 16.6. The molecule has 0 radical (unpaired) electrons. The number of carbonyl (C=O) groups is 2. The molecule has 0 bridgehead atoms. The van der Waals surface area contributed by atoms with Gasteiger partial charge in [-0.15, -0.1) is 0 Å². The van der Waals surface area contributed by atoms with E-state index >= 15 is 0 Å². The fourth-order valence-electron chi connectivity index (χ4n) is 1.67. The van der Waals surface area contributed by atoms with E-state index in [9.17, 15) is 9.59 Å². The number of nitrogens with one attached hydrogen (secondary N) is 1. The molecule has 0 spiro atoms. The summed E-state index contributed by atoms with van der Waals surface area (Å²) in [6.45, 7) is 5.25. The molecule has 0 fully saturated rings. The summed E-state index contributed by atoms with van der Waals surface area (Å²) < 4.78 is 9.85. The lowest BCUT2D eigenvalue weighted by Crippen LogP contribution is -2.45. The van der Waals surface area contributed by atoms with E-state index in [-0.39, 0.29) is 0 Å². The highest BCUT2D eigenvalue weighted by Gasteiger charge is 2.25. The number of methoxy groups -OCH3 is 1. The van der Waals surface area contributed by atoms with Crippen molar-refractivity contribution in [2.24, 2.45) is 0 Å². The van der Waals surface area contributed by atoms with Gasteiger partial charge in [0.1, 0.15) is 11.6 Å². The third kappa shape index (κ3) is 6.16. The Labute approximate surface area is 124 Å². The van der Waals surface area contributed by atoms with Crippen LogP contribution in [0.2, 0.25) is 0 Å². The number of nitrogen functional groups attached to an aromatic ring is 1. The molecular weight excluding hydrogens is 272 g/mol. The monoisotopic (exact) mass is 294 g/mol. The number of esters is 1. The summed E-state index contributed by atoms with van der Waals surface area (Å²) in [4.78, 5) is 23.5. The molecule has 116 valence electrons. The molecule has 1 rings (SSSR count). The Morgan fingerprint density at radius 3 is 2.29 bits per heavy atom. The van der Waals surface area contributed by atoms with Crippen LogP contribution < -0.4 is 11.1 Å². The first kappa shape index (κ1) is 16.8. The summed E-state index contributed by atoms with van der Waals surface area (Å²) in [6.07, 6.45) is -0.361. The van der Waals surface area contributed by atoms with Crippen LogP contribution in [0.3, 0.4) is 0 Å². The van der Waals surface area contributed by atoms with Crippen LogP contribution in [0.25, 0.3) is 0 Å². The Morgan fingerprint density at radius 1 is 1.24 bits per heavy atom. The maximum absolute atomic E-state index is 11.8. The molecule has 21 heavy (non-hydrogen) atoms. The predicted molar refractivity (Wildman–Crippen MR) is 79.7 cm³/mol. The fourth-order valence-corrected chi connectivity index (χ4v) is 1.67. The first-order valence-electron chi connectivity index (χ1n) is 6.63. The number of anilines is 1. The van der Waals surface area contributed by atoms with E-state index < -0.39 is 23.7 Å². The first-order chi connectivity index (χ1) is 9.71. The number of amides is 1. The molecule has 1 amide bonds. The van der Waals surface area contributed by atoms with E-state index in [0.29, 0.717) is 12.1 Å². The van der Waals surface area contributed by atoms with E-state index in [2.05, 4.69) is 5.32 Å². The van der Waals surface area contributed by atoms with E-state index in [1.165, 1.54) is 7.11 Å². The largest absolute Gasteiger partial charge is 0.467 e. The van der Waals surface area contributed by atoms with Crippen LogP contribution in [0.4, 0.5) is 10.5 Å². The minimum Gasteiger partial charge on any atom is -0.467 e. The molecule has 6 heteroatoms. The molecule has 0 saturated carbocycles. The Kier molecular flexibility index (Phi) is 5.58. The molecule has 1 unspecified atom stereocenters. The molecule has 3 N–H and O–H groups in total. The van der Waals surface area contributed by atoms with Gasteiger partial charge in [0.15, 0.2) is 0 Å². The van der Waals surface area contributed by atoms with E-state index in [4.69, 9.17) is 15.2 Å². The lowest BCUT2D eigenvalue weighted by atomic mass is 10.1. The van der Waals surface area contributed by atoms with Crippen LogP contribution in [0.1, 0.15) is 26.3 Å². The van der Waals surface area contributed by atoms with Crippen molar-refractivity contribution in [2.75, 3.05) is 12.8 Å². The van der Waals surface area contributed by atoms with Gasteiger partial charge >= 0.3 is 12.1 Å². The van der Waals surface area contributed by atoms with Crippen molar-refractivity contribution >= 4 is 17.7 Å². The molecule has 0 aliphatic carbocycles. The van der Waals surface area contributed by atoms with E-state index in [0.717, 1.165) is 5.56 Å². The number of benzene rings is 1. The Hall–Kier alpha value is -2.24. The minimum atomic E-state index is -0.812. The first-order valence-corrected chi connectivity index (χ1v) is 6.63. The van der Waals surface area contributed by atoms with Gasteiger partial charge in [-0.05, 0) is 38.5 Å². The van der Waals surface area contributed by atoms with Gasteiger partial charge in [-0.25, -0.2) is 9.59 Å². The highest BCUT2D eigenvalue weighted by Crippen LogP contribution is 2.10. The lowest BCUT2D eigenvalue weighted by Gasteiger charge is -2.22. The summed E-state index contributed by atoms with van der Waals surface area (Å²) in [7, 11) is 1.27. The number of hydrogen-bond donors (Lipinski definition) is 2. The average molecular weight is 294 g/mol. The SMILES string of the molecule is COC(=O)C(Cc1ccc(N)cc1)NC(=O)OC(C)(C)C. The molecule has 1 atom stereocenters. The van der Waals surface area contributed by atoms with E-state index in [1.807, 2.05) is 0 Å². The van der Waals surface area contributed by atoms with Crippen LogP contribution >= 0.6 is 0 Å². The number of ether oxygens (including phenoxy) is 2. The molecule has 0 aliphatic rings. The summed E-state index contributed by atoms with van der Waals surface area (Å²) in [5.74, 6) is -0.530. The van der Waals surface area contributed by atoms with Crippen molar-refractivity contribution in [1.82, 2.24) is 5.32 Å². The summed E-state index contributed by atoms with van der Waals surface area (Å²) in [6, 6.07) is 6.24. The molecule has 0 saturated heterocycles. The van der Waals surface area contributed by atoms with Gasteiger partial charge in [0.2, 0.25) is 0 Å². The number of carbonyl (C=O) groups excluding carboxylic acids is 2. The van der Waals surface area contributed by atoms with Gasteiger partial charge in [0.25, 0.3) is 0 Å². The number of nitrogens with two attached hydrogens (primary N) is 1. The predicted octanol–water partition coefficient (Wildman–Crippen LogP) is 1.88. The lowest BCUT2D eigenvalue weighted by molar-refractivity contribution is -0.143. The molecule has 0 aromatic heterocycles. The van der Waals surface area contributed by atoms with Crippen LogP contribution in [-0.4, -0.2) is 30.8 Å². The van der Waals surface area contributed by atoms with E-state index in [1.54, 1.807) is 45.0 Å². The van der Waals surface area contributed by atoms with Crippen LogP contribution in [-0.2, 0) is 20.7 Å². The average Bonchev–Trinajstić information content (AvgIpc) is 2.37. The molecule has 0 heterocycles. The van der Waals surface area contributed by atoms with Crippen molar-refractivity contribution in [2.45, 2.75) is 38.8 Å². The van der Waals surface area contributed by atoms with Gasteiger partial charge in [-0.2, -0.15) is 0 Å². The fraction of sp³-hybridized carbons (Fsp3) is 0.467. The number of rotatable bonds is 4. The van der Waals surface area contributed by atoms with Gasteiger partial charge in [0.05, 0.1) is 7.11 Å². The second kappa shape index (κ2) is 6.97. The minimum absolute atomic E-state index is 0.298. The summed E-state index contributed by atoms with van der Waals surface area (Å²) >= 11 is 0.